The average Bonchev–Trinajstić information content (AvgIpc) is 2.61. The number of carbonyl (C=O) groups excluding carboxylic acids is 1. The van der Waals surface area contributed by atoms with Gasteiger partial charge in [-0.25, -0.2) is 4.79 Å². The van der Waals surface area contributed by atoms with Crippen LogP contribution < -0.4 is 5.32 Å². The van der Waals surface area contributed by atoms with E-state index in [9.17, 15) is 14.9 Å². The summed E-state index contributed by atoms with van der Waals surface area (Å²) in [7, 11) is 1.61. The zero-order valence-corrected chi connectivity index (χ0v) is 13.5. The first-order valence-electron chi connectivity index (χ1n) is 7.38. The second kappa shape index (κ2) is 8.43. The number of benzene rings is 2. The predicted molar refractivity (Wildman–Crippen MR) is 92.8 cm³/mol. The first-order valence-corrected chi connectivity index (χ1v) is 7.38. The summed E-state index contributed by atoms with van der Waals surface area (Å²) in [5.74, 6) is -1.61. The zero-order chi connectivity index (χ0) is 18.2. The van der Waals surface area contributed by atoms with Crippen molar-refractivity contribution in [2.45, 2.75) is 6.61 Å². The minimum absolute atomic E-state index is 0.0539. The third kappa shape index (κ3) is 5.03. The van der Waals surface area contributed by atoms with Crippen LogP contribution >= 0.6 is 0 Å². The van der Waals surface area contributed by atoms with E-state index >= 15 is 0 Å². The number of carbonyl (C=O) groups is 2. The van der Waals surface area contributed by atoms with Gasteiger partial charge in [-0.15, -0.1) is 0 Å². The van der Waals surface area contributed by atoms with Crippen molar-refractivity contribution in [2.75, 3.05) is 12.4 Å². The number of rotatable bonds is 6. The first-order chi connectivity index (χ1) is 12.0. The molecular formula is C19H16N2O4. The molecule has 0 fully saturated rings. The molecule has 0 heterocycles. The molecule has 1 amide bonds. The standard InChI is InChI=1S/C19H16N2O4/c1-25-12-14-4-2-13(3-5-14)10-16(11-20)18(22)21-17-8-6-15(7-9-17)19(23)24/h2-10H,12H2,1H3,(H,21,22)(H,23,24)/b16-10+. The van der Waals surface area contributed by atoms with Crippen LogP contribution in [0.4, 0.5) is 5.69 Å². The van der Waals surface area contributed by atoms with Gasteiger partial charge in [-0.05, 0) is 41.5 Å². The van der Waals surface area contributed by atoms with Gasteiger partial charge in [0.05, 0.1) is 12.2 Å². The molecule has 0 saturated heterocycles. The average molecular weight is 336 g/mol. The molecule has 0 bridgehead atoms. The van der Waals surface area contributed by atoms with Crippen LogP contribution in [-0.4, -0.2) is 24.1 Å². The molecule has 0 saturated carbocycles. The van der Waals surface area contributed by atoms with Crippen molar-refractivity contribution >= 4 is 23.6 Å². The lowest BCUT2D eigenvalue weighted by Crippen LogP contribution is -2.13. The van der Waals surface area contributed by atoms with Gasteiger partial charge in [-0.1, -0.05) is 24.3 Å². The highest BCUT2D eigenvalue weighted by Gasteiger charge is 2.10. The van der Waals surface area contributed by atoms with Gasteiger partial charge in [0.2, 0.25) is 0 Å². The van der Waals surface area contributed by atoms with Gasteiger partial charge in [0.1, 0.15) is 11.6 Å². The van der Waals surface area contributed by atoms with E-state index in [1.54, 1.807) is 19.2 Å². The number of hydrogen-bond acceptors (Lipinski definition) is 4. The van der Waals surface area contributed by atoms with E-state index in [0.717, 1.165) is 5.56 Å². The Balaban J connectivity index is 2.12. The van der Waals surface area contributed by atoms with Gasteiger partial charge in [0.25, 0.3) is 5.91 Å². The molecule has 6 heteroatoms. The highest BCUT2D eigenvalue weighted by molar-refractivity contribution is 6.09. The van der Waals surface area contributed by atoms with Crippen LogP contribution in [0.5, 0.6) is 0 Å². The van der Waals surface area contributed by atoms with E-state index in [0.29, 0.717) is 17.9 Å². The van der Waals surface area contributed by atoms with Crippen molar-refractivity contribution < 1.29 is 19.4 Å². The van der Waals surface area contributed by atoms with E-state index in [1.807, 2.05) is 18.2 Å². The molecule has 2 N–H and O–H groups in total. The van der Waals surface area contributed by atoms with Crippen molar-refractivity contribution in [2.24, 2.45) is 0 Å². The van der Waals surface area contributed by atoms with Gasteiger partial charge in [0, 0.05) is 12.8 Å². The van der Waals surface area contributed by atoms with Crippen molar-refractivity contribution in [3.63, 3.8) is 0 Å². The Kier molecular flexibility index (Phi) is 6.04. The van der Waals surface area contributed by atoms with Crippen molar-refractivity contribution in [3.8, 4) is 6.07 Å². The Morgan fingerprint density at radius 3 is 2.32 bits per heavy atom. The summed E-state index contributed by atoms with van der Waals surface area (Å²) < 4.78 is 5.03. The summed E-state index contributed by atoms with van der Waals surface area (Å²) in [6.45, 7) is 0.488. The number of anilines is 1. The van der Waals surface area contributed by atoms with Crippen LogP contribution in [0.25, 0.3) is 6.08 Å². The number of amides is 1. The van der Waals surface area contributed by atoms with Crippen LogP contribution in [0.15, 0.2) is 54.1 Å². The molecule has 6 nitrogen and oxygen atoms in total. The van der Waals surface area contributed by atoms with Gasteiger partial charge in [-0.2, -0.15) is 5.26 Å². The third-order valence-corrected chi connectivity index (χ3v) is 3.36. The van der Waals surface area contributed by atoms with E-state index in [1.165, 1.54) is 30.3 Å². The van der Waals surface area contributed by atoms with E-state index in [4.69, 9.17) is 9.84 Å². The zero-order valence-electron chi connectivity index (χ0n) is 13.5. The lowest BCUT2D eigenvalue weighted by atomic mass is 10.1. The number of nitrogens with one attached hydrogen (secondary N) is 1. The van der Waals surface area contributed by atoms with Crippen molar-refractivity contribution in [1.29, 1.82) is 5.26 Å². The number of nitriles is 1. The quantitative estimate of drug-likeness (QED) is 0.624. The van der Waals surface area contributed by atoms with E-state index in [2.05, 4.69) is 5.32 Å². The van der Waals surface area contributed by atoms with Crippen LogP contribution in [0.3, 0.4) is 0 Å². The molecule has 0 spiro atoms. The lowest BCUT2D eigenvalue weighted by molar-refractivity contribution is -0.112. The second-order valence-electron chi connectivity index (χ2n) is 5.18. The maximum atomic E-state index is 12.2. The molecule has 2 aromatic carbocycles. The summed E-state index contributed by atoms with van der Waals surface area (Å²) in [6.07, 6.45) is 1.48. The molecule has 0 aromatic heterocycles. The van der Waals surface area contributed by atoms with Gasteiger partial charge in [-0.3, -0.25) is 4.79 Å². The summed E-state index contributed by atoms with van der Waals surface area (Å²) in [6, 6.07) is 14.9. The van der Waals surface area contributed by atoms with Gasteiger partial charge in [0.15, 0.2) is 0 Å². The lowest BCUT2D eigenvalue weighted by Gasteiger charge is -2.05. The van der Waals surface area contributed by atoms with E-state index < -0.39 is 11.9 Å². The molecule has 0 aliphatic heterocycles. The molecule has 0 radical (unpaired) electrons. The van der Waals surface area contributed by atoms with Crippen molar-refractivity contribution in [3.05, 3.63) is 70.8 Å². The van der Waals surface area contributed by atoms with Crippen LogP contribution in [0.1, 0.15) is 21.5 Å². The number of carboxylic acids is 1. The van der Waals surface area contributed by atoms with E-state index in [-0.39, 0.29) is 11.1 Å². The topological polar surface area (TPSA) is 99.4 Å². The summed E-state index contributed by atoms with van der Waals surface area (Å²) >= 11 is 0. The SMILES string of the molecule is COCc1ccc(/C=C(\C#N)C(=O)Nc2ccc(C(=O)O)cc2)cc1. The Labute approximate surface area is 145 Å². The number of nitrogens with zero attached hydrogens (tertiary/aromatic N) is 1. The fraction of sp³-hybridized carbons (Fsp3) is 0.105. The largest absolute Gasteiger partial charge is 0.478 e. The third-order valence-electron chi connectivity index (χ3n) is 3.36. The number of aromatic carboxylic acids is 1. The first kappa shape index (κ1) is 17.9. The van der Waals surface area contributed by atoms with Crippen molar-refractivity contribution in [1.82, 2.24) is 0 Å². The highest BCUT2D eigenvalue weighted by atomic mass is 16.5. The fourth-order valence-corrected chi connectivity index (χ4v) is 2.09. The fourth-order valence-electron chi connectivity index (χ4n) is 2.09. The van der Waals surface area contributed by atoms with Crippen LogP contribution in [-0.2, 0) is 16.1 Å². The predicted octanol–water partition coefficient (Wildman–Crippen LogP) is 3.08. The molecule has 25 heavy (non-hydrogen) atoms. The molecule has 2 rings (SSSR count). The molecule has 0 atom stereocenters. The Hall–Kier alpha value is -3.43. The maximum Gasteiger partial charge on any atom is 0.335 e. The monoisotopic (exact) mass is 336 g/mol. The van der Waals surface area contributed by atoms with Gasteiger partial charge < -0.3 is 15.2 Å². The Morgan fingerprint density at radius 1 is 1.16 bits per heavy atom. The summed E-state index contributed by atoms with van der Waals surface area (Å²) in [5.41, 5.74) is 2.17. The molecule has 0 unspecified atom stereocenters. The number of hydrogen-bond donors (Lipinski definition) is 2. The van der Waals surface area contributed by atoms with Crippen LogP contribution in [0, 0.1) is 11.3 Å². The minimum Gasteiger partial charge on any atom is -0.478 e. The molecule has 0 aliphatic carbocycles. The smallest absolute Gasteiger partial charge is 0.335 e. The number of methoxy groups -OCH3 is 1. The summed E-state index contributed by atoms with van der Waals surface area (Å²) in [4.78, 5) is 23.0. The normalized spacial score (nSPS) is 10.8. The Morgan fingerprint density at radius 2 is 1.80 bits per heavy atom. The summed E-state index contributed by atoms with van der Waals surface area (Å²) in [5, 5.41) is 20.6. The second-order valence-corrected chi connectivity index (χ2v) is 5.18. The van der Waals surface area contributed by atoms with Gasteiger partial charge >= 0.3 is 5.97 Å². The molecular weight excluding hydrogens is 320 g/mol. The number of ether oxygens (including phenoxy) is 1. The molecule has 126 valence electrons. The highest BCUT2D eigenvalue weighted by Crippen LogP contribution is 2.13. The molecule has 2 aromatic rings. The maximum absolute atomic E-state index is 12.2. The number of carboxylic acid groups (broad SMARTS) is 1. The Bertz CT molecular complexity index is 831. The van der Waals surface area contributed by atoms with Crippen LogP contribution in [0.2, 0.25) is 0 Å². The molecule has 0 aliphatic rings. The minimum atomic E-state index is -1.05.